The SMILES string of the molecule is CC(C)(C)OC(=O)N1CCNC(c2ccc(C(F)(F)F)nc2)C1. The van der Waals surface area contributed by atoms with Gasteiger partial charge in [-0.1, -0.05) is 6.07 Å². The third-order valence-electron chi connectivity index (χ3n) is 3.31. The first-order chi connectivity index (χ1) is 10.6. The quantitative estimate of drug-likeness (QED) is 0.859. The number of nitrogens with zero attached hydrogens (tertiary/aromatic N) is 2. The van der Waals surface area contributed by atoms with Crippen molar-refractivity contribution in [2.75, 3.05) is 19.6 Å². The minimum atomic E-state index is -4.46. The van der Waals surface area contributed by atoms with Crippen LogP contribution in [0.2, 0.25) is 0 Å². The first kappa shape index (κ1) is 17.5. The van der Waals surface area contributed by atoms with Gasteiger partial charge < -0.3 is 15.0 Å². The Labute approximate surface area is 132 Å². The van der Waals surface area contributed by atoms with E-state index in [0.29, 0.717) is 25.2 Å². The number of hydrogen-bond acceptors (Lipinski definition) is 4. The number of alkyl halides is 3. The van der Waals surface area contributed by atoms with Crippen LogP contribution in [0, 0.1) is 0 Å². The van der Waals surface area contributed by atoms with Crippen molar-refractivity contribution in [2.24, 2.45) is 0 Å². The Balaban J connectivity index is 2.05. The van der Waals surface area contributed by atoms with Gasteiger partial charge in [-0.2, -0.15) is 13.2 Å². The van der Waals surface area contributed by atoms with Gasteiger partial charge >= 0.3 is 12.3 Å². The Kier molecular flexibility index (Phi) is 4.84. The zero-order valence-electron chi connectivity index (χ0n) is 13.3. The van der Waals surface area contributed by atoms with Crippen molar-refractivity contribution < 1.29 is 22.7 Å². The lowest BCUT2D eigenvalue weighted by atomic mass is 10.1. The number of carbonyl (C=O) groups excluding carboxylic acids is 1. The molecule has 2 rings (SSSR count). The Bertz CT molecular complexity index is 553. The van der Waals surface area contributed by atoms with Gasteiger partial charge in [-0.05, 0) is 32.4 Å². The monoisotopic (exact) mass is 331 g/mol. The maximum Gasteiger partial charge on any atom is 0.433 e. The van der Waals surface area contributed by atoms with E-state index >= 15 is 0 Å². The van der Waals surface area contributed by atoms with E-state index in [-0.39, 0.29) is 6.04 Å². The predicted octanol–water partition coefficient (Wildman–Crippen LogP) is 2.98. The van der Waals surface area contributed by atoms with Crippen molar-refractivity contribution in [3.63, 3.8) is 0 Å². The molecule has 128 valence electrons. The van der Waals surface area contributed by atoms with Crippen LogP contribution in [0.25, 0.3) is 0 Å². The first-order valence-electron chi connectivity index (χ1n) is 7.31. The average Bonchev–Trinajstić information content (AvgIpc) is 2.45. The molecule has 0 aliphatic carbocycles. The third-order valence-corrected chi connectivity index (χ3v) is 3.31. The molecular weight excluding hydrogens is 311 g/mol. The number of ether oxygens (including phenoxy) is 1. The van der Waals surface area contributed by atoms with Crippen molar-refractivity contribution in [1.29, 1.82) is 0 Å². The van der Waals surface area contributed by atoms with Crippen molar-refractivity contribution in [1.82, 2.24) is 15.2 Å². The molecule has 0 aromatic carbocycles. The van der Waals surface area contributed by atoms with Crippen LogP contribution in [-0.2, 0) is 10.9 Å². The van der Waals surface area contributed by atoms with Gasteiger partial charge in [0.2, 0.25) is 0 Å². The Morgan fingerprint density at radius 1 is 1.35 bits per heavy atom. The zero-order chi connectivity index (χ0) is 17.3. The summed E-state index contributed by atoms with van der Waals surface area (Å²) >= 11 is 0. The fourth-order valence-corrected chi connectivity index (χ4v) is 2.24. The van der Waals surface area contributed by atoms with Crippen molar-refractivity contribution >= 4 is 6.09 Å². The fraction of sp³-hybridized carbons (Fsp3) is 0.600. The average molecular weight is 331 g/mol. The Hall–Kier alpha value is -1.83. The van der Waals surface area contributed by atoms with Crippen LogP contribution in [0.1, 0.15) is 38.1 Å². The lowest BCUT2D eigenvalue weighted by Gasteiger charge is -2.35. The molecule has 1 atom stereocenters. The fourth-order valence-electron chi connectivity index (χ4n) is 2.24. The molecule has 0 bridgehead atoms. The number of amides is 1. The smallest absolute Gasteiger partial charge is 0.433 e. The number of nitrogens with one attached hydrogen (secondary N) is 1. The Morgan fingerprint density at radius 2 is 2.04 bits per heavy atom. The number of piperazine rings is 1. The molecule has 1 aromatic heterocycles. The summed E-state index contributed by atoms with van der Waals surface area (Å²) in [4.78, 5) is 17.1. The van der Waals surface area contributed by atoms with Crippen molar-refractivity contribution in [2.45, 2.75) is 38.6 Å². The van der Waals surface area contributed by atoms with Gasteiger partial charge in [0.1, 0.15) is 11.3 Å². The molecule has 0 spiro atoms. The predicted molar refractivity (Wildman–Crippen MR) is 77.8 cm³/mol. The zero-order valence-corrected chi connectivity index (χ0v) is 13.3. The van der Waals surface area contributed by atoms with Crippen LogP contribution >= 0.6 is 0 Å². The van der Waals surface area contributed by atoms with Crippen LogP contribution < -0.4 is 5.32 Å². The van der Waals surface area contributed by atoms with Gasteiger partial charge in [0, 0.05) is 25.8 Å². The summed E-state index contributed by atoms with van der Waals surface area (Å²) in [5.74, 6) is 0. The second-order valence-electron chi connectivity index (χ2n) is 6.41. The standard InChI is InChI=1S/C15H20F3N3O2/c1-14(2,3)23-13(22)21-7-6-19-11(9-21)10-4-5-12(20-8-10)15(16,17)18/h4-5,8,11,19H,6-7,9H2,1-3H3. The molecule has 2 heterocycles. The minimum absolute atomic E-state index is 0.272. The second kappa shape index (κ2) is 6.35. The molecule has 1 unspecified atom stereocenters. The number of rotatable bonds is 1. The van der Waals surface area contributed by atoms with E-state index in [1.165, 1.54) is 12.3 Å². The normalized spacial score (nSPS) is 19.6. The molecule has 8 heteroatoms. The molecular formula is C15H20F3N3O2. The molecule has 1 N–H and O–H groups in total. The van der Waals surface area contributed by atoms with E-state index in [4.69, 9.17) is 4.74 Å². The Morgan fingerprint density at radius 3 is 2.57 bits per heavy atom. The summed E-state index contributed by atoms with van der Waals surface area (Å²) in [5.41, 5.74) is -0.916. The summed E-state index contributed by atoms with van der Waals surface area (Å²) in [6.07, 6.45) is -3.69. The van der Waals surface area contributed by atoms with Gasteiger partial charge in [-0.15, -0.1) is 0 Å². The van der Waals surface area contributed by atoms with E-state index in [1.54, 1.807) is 25.7 Å². The third kappa shape index (κ3) is 4.82. The molecule has 23 heavy (non-hydrogen) atoms. The van der Waals surface area contributed by atoms with Gasteiger partial charge in [-0.3, -0.25) is 4.98 Å². The molecule has 0 radical (unpaired) electrons. The van der Waals surface area contributed by atoms with Crippen LogP contribution in [0.3, 0.4) is 0 Å². The highest BCUT2D eigenvalue weighted by atomic mass is 19.4. The number of hydrogen-bond donors (Lipinski definition) is 1. The van der Waals surface area contributed by atoms with Gasteiger partial charge in [0.15, 0.2) is 0 Å². The lowest BCUT2D eigenvalue weighted by Crippen LogP contribution is -2.49. The molecule has 1 fully saturated rings. The van der Waals surface area contributed by atoms with E-state index in [9.17, 15) is 18.0 Å². The van der Waals surface area contributed by atoms with Gasteiger partial charge in [-0.25, -0.2) is 4.79 Å². The molecule has 1 amide bonds. The van der Waals surface area contributed by atoms with Gasteiger partial charge in [0.25, 0.3) is 0 Å². The lowest BCUT2D eigenvalue weighted by molar-refractivity contribution is -0.141. The van der Waals surface area contributed by atoms with E-state index in [1.807, 2.05) is 0 Å². The molecule has 1 aliphatic rings. The molecule has 1 saturated heterocycles. The minimum Gasteiger partial charge on any atom is -0.444 e. The second-order valence-corrected chi connectivity index (χ2v) is 6.41. The highest BCUT2D eigenvalue weighted by Crippen LogP contribution is 2.28. The first-order valence-corrected chi connectivity index (χ1v) is 7.31. The van der Waals surface area contributed by atoms with Crippen LogP contribution in [0.5, 0.6) is 0 Å². The van der Waals surface area contributed by atoms with Crippen molar-refractivity contribution in [3.05, 3.63) is 29.6 Å². The molecule has 1 aliphatic heterocycles. The number of carbonyl (C=O) groups is 1. The van der Waals surface area contributed by atoms with E-state index in [0.717, 1.165) is 6.07 Å². The summed E-state index contributed by atoms with van der Waals surface area (Å²) in [5, 5.41) is 3.17. The van der Waals surface area contributed by atoms with E-state index in [2.05, 4.69) is 10.3 Å². The number of pyridine rings is 1. The molecule has 0 saturated carbocycles. The van der Waals surface area contributed by atoms with Gasteiger partial charge in [0.05, 0.1) is 6.04 Å². The summed E-state index contributed by atoms with van der Waals surface area (Å²) < 4.78 is 42.9. The van der Waals surface area contributed by atoms with E-state index < -0.39 is 23.6 Å². The highest BCUT2D eigenvalue weighted by molar-refractivity contribution is 5.68. The summed E-state index contributed by atoms with van der Waals surface area (Å²) in [7, 11) is 0. The molecule has 5 nitrogen and oxygen atoms in total. The summed E-state index contributed by atoms with van der Waals surface area (Å²) in [6, 6.07) is 2.06. The van der Waals surface area contributed by atoms with Crippen LogP contribution in [0.4, 0.5) is 18.0 Å². The maximum absolute atomic E-state index is 12.5. The summed E-state index contributed by atoms with van der Waals surface area (Å²) in [6.45, 7) is 6.69. The maximum atomic E-state index is 12.5. The van der Waals surface area contributed by atoms with Crippen LogP contribution in [-0.4, -0.2) is 41.2 Å². The van der Waals surface area contributed by atoms with Crippen LogP contribution in [0.15, 0.2) is 18.3 Å². The number of halogens is 3. The largest absolute Gasteiger partial charge is 0.444 e. The molecule has 1 aromatic rings. The topological polar surface area (TPSA) is 54.5 Å². The number of aromatic nitrogens is 1. The highest BCUT2D eigenvalue weighted by Gasteiger charge is 2.33. The van der Waals surface area contributed by atoms with Crippen molar-refractivity contribution in [3.8, 4) is 0 Å².